The van der Waals surface area contributed by atoms with Gasteiger partial charge in [-0.2, -0.15) is 5.10 Å². The molecule has 20 heavy (non-hydrogen) atoms. The van der Waals surface area contributed by atoms with E-state index in [1.54, 1.807) is 6.92 Å². The van der Waals surface area contributed by atoms with E-state index < -0.39 is 11.2 Å². The van der Waals surface area contributed by atoms with Crippen LogP contribution in [0, 0.1) is 6.92 Å². The van der Waals surface area contributed by atoms with Gasteiger partial charge in [-0.05, 0) is 6.92 Å². The van der Waals surface area contributed by atoms with E-state index in [-0.39, 0.29) is 18.1 Å². The van der Waals surface area contributed by atoms with E-state index in [1.807, 2.05) is 0 Å². The molecular weight excluding hydrogens is 264 g/mol. The second-order valence-corrected chi connectivity index (χ2v) is 3.92. The second kappa shape index (κ2) is 5.78. The molecule has 9 heteroatoms. The zero-order valence-electron chi connectivity index (χ0n) is 10.6. The molecule has 0 spiro atoms. The van der Waals surface area contributed by atoms with Gasteiger partial charge in [-0.1, -0.05) is 0 Å². The zero-order chi connectivity index (χ0) is 14.5. The van der Waals surface area contributed by atoms with Crippen molar-refractivity contribution in [3.8, 4) is 0 Å². The van der Waals surface area contributed by atoms with E-state index in [0.717, 1.165) is 0 Å². The van der Waals surface area contributed by atoms with E-state index in [2.05, 4.69) is 25.5 Å². The van der Waals surface area contributed by atoms with Crippen LogP contribution in [-0.4, -0.2) is 25.7 Å². The summed E-state index contributed by atoms with van der Waals surface area (Å²) in [6.45, 7) is 1.85. The largest absolute Gasteiger partial charge is 0.328 e. The maximum atomic E-state index is 11.4. The van der Waals surface area contributed by atoms with Gasteiger partial charge in [0.1, 0.15) is 0 Å². The number of hydrazone groups is 1. The molecule has 0 aliphatic heterocycles. The van der Waals surface area contributed by atoms with Crippen LogP contribution in [0.15, 0.2) is 37.8 Å². The number of aryl methyl sites for hydroxylation is 1. The summed E-state index contributed by atoms with van der Waals surface area (Å²) in [5, 5.41) is 3.82. The van der Waals surface area contributed by atoms with Crippen molar-refractivity contribution in [2.24, 2.45) is 5.10 Å². The standard InChI is InChI=1S/C11H12N6O3/c1-7-6-9(19)14-10(13-7)16-12-3-5-17-4-2-8(18)15-11(17)20/h2-4,6H,5H2,1H3,(H,15,18,20)(H2,13,14,16,19)/b12-3+. The van der Waals surface area contributed by atoms with Crippen LogP contribution in [0.2, 0.25) is 0 Å². The average Bonchev–Trinajstić information content (AvgIpc) is 2.35. The number of nitrogens with zero attached hydrogens (tertiary/aromatic N) is 3. The molecule has 9 nitrogen and oxygen atoms in total. The van der Waals surface area contributed by atoms with Crippen molar-refractivity contribution in [1.29, 1.82) is 0 Å². The normalized spacial score (nSPS) is 10.8. The highest BCUT2D eigenvalue weighted by molar-refractivity contribution is 5.58. The minimum absolute atomic E-state index is 0.165. The van der Waals surface area contributed by atoms with Crippen LogP contribution in [0.25, 0.3) is 0 Å². The molecule has 0 aromatic carbocycles. The molecule has 2 aromatic rings. The molecule has 2 rings (SSSR count). The topological polar surface area (TPSA) is 125 Å². The first-order valence-corrected chi connectivity index (χ1v) is 5.70. The van der Waals surface area contributed by atoms with E-state index in [0.29, 0.717) is 5.69 Å². The summed E-state index contributed by atoms with van der Waals surface area (Å²) < 4.78 is 1.26. The Balaban J connectivity index is 2.02. The van der Waals surface area contributed by atoms with Crippen molar-refractivity contribution in [2.75, 3.05) is 5.43 Å². The molecule has 104 valence electrons. The number of aromatic nitrogens is 4. The molecule has 0 aliphatic carbocycles. The van der Waals surface area contributed by atoms with Gasteiger partial charge < -0.3 is 0 Å². The highest BCUT2D eigenvalue weighted by Gasteiger charge is 1.96. The van der Waals surface area contributed by atoms with Crippen LogP contribution >= 0.6 is 0 Å². The number of anilines is 1. The quantitative estimate of drug-likeness (QED) is 0.489. The van der Waals surface area contributed by atoms with Gasteiger partial charge in [0, 0.05) is 30.2 Å². The number of H-pyrrole nitrogens is 2. The van der Waals surface area contributed by atoms with Gasteiger partial charge in [0.05, 0.1) is 6.54 Å². The monoisotopic (exact) mass is 276 g/mol. The lowest BCUT2D eigenvalue weighted by Gasteiger charge is -2.01. The Hall–Kier alpha value is -2.97. The second-order valence-electron chi connectivity index (χ2n) is 3.92. The molecule has 0 bridgehead atoms. The fraction of sp³-hybridized carbons (Fsp3) is 0.182. The van der Waals surface area contributed by atoms with Crippen LogP contribution in [0.1, 0.15) is 5.69 Å². The van der Waals surface area contributed by atoms with Gasteiger partial charge in [0.15, 0.2) is 0 Å². The number of rotatable bonds is 4. The minimum atomic E-state index is -0.522. The third-order valence-electron chi connectivity index (χ3n) is 2.31. The molecule has 0 unspecified atom stereocenters. The average molecular weight is 276 g/mol. The highest BCUT2D eigenvalue weighted by atomic mass is 16.2. The smallest absolute Gasteiger partial charge is 0.295 e. The Labute approximate surface area is 112 Å². The van der Waals surface area contributed by atoms with Gasteiger partial charge >= 0.3 is 5.69 Å². The summed E-state index contributed by atoms with van der Waals surface area (Å²) in [6, 6.07) is 2.59. The predicted molar refractivity (Wildman–Crippen MR) is 73.0 cm³/mol. The third kappa shape index (κ3) is 3.51. The Kier molecular flexibility index (Phi) is 3.89. The van der Waals surface area contributed by atoms with E-state index in [9.17, 15) is 14.4 Å². The number of hydrogen-bond donors (Lipinski definition) is 3. The molecule has 0 aliphatic rings. The lowest BCUT2D eigenvalue weighted by Crippen LogP contribution is -2.29. The first-order chi connectivity index (χ1) is 9.54. The zero-order valence-corrected chi connectivity index (χ0v) is 10.6. The molecule has 0 atom stereocenters. The number of aromatic amines is 2. The van der Waals surface area contributed by atoms with Crippen molar-refractivity contribution in [1.82, 2.24) is 19.5 Å². The molecule has 0 amide bonds. The molecule has 2 aromatic heterocycles. The van der Waals surface area contributed by atoms with Gasteiger partial charge in [0.25, 0.3) is 11.1 Å². The fourth-order valence-corrected chi connectivity index (χ4v) is 1.46. The Morgan fingerprint density at radius 3 is 2.85 bits per heavy atom. The van der Waals surface area contributed by atoms with Crippen LogP contribution in [0.3, 0.4) is 0 Å². The summed E-state index contributed by atoms with van der Waals surface area (Å²) in [4.78, 5) is 42.0. The highest BCUT2D eigenvalue weighted by Crippen LogP contribution is 1.94. The van der Waals surface area contributed by atoms with Gasteiger partial charge in [-0.3, -0.25) is 24.1 Å². The van der Waals surface area contributed by atoms with Crippen LogP contribution < -0.4 is 22.2 Å². The van der Waals surface area contributed by atoms with Crippen molar-refractivity contribution >= 4 is 12.2 Å². The summed E-state index contributed by atoms with van der Waals surface area (Å²) in [7, 11) is 0. The molecular formula is C11H12N6O3. The molecule has 0 saturated carbocycles. The molecule has 0 saturated heterocycles. The first-order valence-electron chi connectivity index (χ1n) is 5.70. The fourth-order valence-electron chi connectivity index (χ4n) is 1.46. The summed E-state index contributed by atoms with van der Waals surface area (Å²) in [6.07, 6.45) is 2.77. The summed E-state index contributed by atoms with van der Waals surface area (Å²) in [5.74, 6) is 0.208. The molecule has 2 heterocycles. The maximum absolute atomic E-state index is 11.4. The molecule has 3 N–H and O–H groups in total. The van der Waals surface area contributed by atoms with Gasteiger partial charge in [0.2, 0.25) is 5.95 Å². The van der Waals surface area contributed by atoms with Crippen molar-refractivity contribution < 1.29 is 0 Å². The lowest BCUT2D eigenvalue weighted by atomic mass is 10.5. The molecule has 0 radical (unpaired) electrons. The van der Waals surface area contributed by atoms with Crippen LogP contribution in [0.5, 0.6) is 0 Å². The molecule has 0 fully saturated rings. The van der Waals surface area contributed by atoms with Crippen molar-refractivity contribution in [2.45, 2.75) is 13.5 Å². The van der Waals surface area contributed by atoms with E-state index in [1.165, 1.54) is 29.1 Å². The predicted octanol–water partition coefficient (Wildman–Crippen LogP) is -0.974. The van der Waals surface area contributed by atoms with Crippen LogP contribution in [0.4, 0.5) is 5.95 Å². The van der Waals surface area contributed by atoms with Crippen LogP contribution in [-0.2, 0) is 6.54 Å². The SMILES string of the molecule is Cc1cc(=O)[nH]c(N/N=C/Cn2ccc(=O)[nH]c2=O)n1. The van der Waals surface area contributed by atoms with Crippen molar-refractivity contribution in [3.63, 3.8) is 0 Å². The first kappa shape index (κ1) is 13.5. The van der Waals surface area contributed by atoms with Gasteiger partial charge in [-0.15, -0.1) is 0 Å². The number of hydrogen-bond acceptors (Lipinski definition) is 6. The third-order valence-corrected chi connectivity index (χ3v) is 2.31. The minimum Gasteiger partial charge on any atom is -0.295 e. The van der Waals surface area contributed by atoms with E-state index in [4.69, 9.17) is 0 Å². The summed E-state index contributed by atoms with van der Waals surface area (Å²) in [5.41, 5.74) is 1.84. The van der Waals surface area contributed by atoms with Gasteiger partial charge in [-0.25, -0.2) is 15.2 Å². The Bertz CT molecular complexity index is 801. The maximum Gasteiger partial charge on any atom is 0.328 e. The Morgan fingerprint density at radius 2 is 2.15 bits per heavy atom. The van der Waals surface area contributed by atoms with E-state index >= 15 is 0 Å². The number of nitrogens with one attached hydrogen (secondary N) is 3. The Morgan fingerprint density at radius 1 is 1.35 bits per heavy atom. The lowest BCUT2D eigenvalue weighted by molar-refractivity contribution is 0.764. The summed E-state index contributed by atoms with van der Waals surface area (Å²) >= 11 is 0. The van der Waals surface area contributed by atoms with Crippen molar-refractivity contribution in [3.05, 3.63) is 55.2 Å².